The van der Waals surface area contributed by atoms with Gasteiger partial charge in [-0.1, -0.05) is 12.8 Å². The van der Waals surface area contributed by atoms with Gasteiger partial charge in [-0.25, -0.2) is 0 Å². The zero-order valence-electron chi connectivity index (χ0n) is 8.47. The lowest BCUT2D eigenvalue weighted by molar-refractivity contribution is 0.254. The number of nitrogens with zero attached hydrogens (tertiary/aromatic N) is 1. The summed E-state index contributed by atoms with van der Waals surface area (Å²) in [5, 5.41) is 3.47. The lowest BCUT2D eigenvalue weighted by atomic mass is 10.2. The maximum absolute atomic E-state index is 3.47. The van der Waals surface area contributed by atoms with Gasteiger partial charge in [-0.05, 0) is 39.8 Å². The second-order valence-electron chi connectivity index (χ2n) is 4.05. The van der Waals surface area contributed by atoms with Crippen LogP contribution in [0.25, 0.3) is 0 Å². The highest BCUT2D eigenvalue weighted by Gasteiger charge is 2.07. The van der Waals surface area contributed by atoms with Crippen LogP contribution in [0.2, 0.25) is 0 Å². The fourth-order valence-electron chi connectivity index (χ4n) is 1.61. The minimum Gasteiger partial charge on any atom is -0.302 e. The van der Waals surface area contributed by atoms with Gasteiger partial charge < -0.3 is 5.32 Å². The summed E-state index contributed by atoms with van der Waals surface area (Å²) in [7, 11) is 0. The SMILES string of the molecule is CC(C)NCN1CCCCCC1. The monoisotopic (exact) mass is 170 g/mol. The van der Waals surface area contributed by atoms with Crippen LogP contribution in [-0.2, 0) is 0 Å². The van der Waals surface area contributed by atoms with E-state index in [1.54, 1.807) is 0 Å². The van der Waals surface area contributed by atoms with Crippen molar-refractivity contribution in [1.82, 2.24) is 10.2 Å². The van der Waals surface area contributed by atoms with Crippen LogP contribution in [0.3, 0.4) is 0 Å². The van der Waals surface area contributed by atoms with Crippen LogP contribution in [0, 0.1) is 0 Å². The van der Waals surface area contributed by atoms with Crippen molar-refractivity contribution < 1.29 is 0 Å². The maximum Gasteiger partial charge on any atom is 0.0482 e. The Morgan fingerprint density at radius 1 is 1.08 bits per heavy atom. The van der Waals surface area contributed by atoms with Gasteiger partial charge in [0.15, 0.2) is 0 Å². The molecule has 1 N–H and O–H groups in total. The molecule has 0 spiro atoms. The molecule has 2 heteroatoms. The van der Waals surface area contributed by atoms with Crippen LogP contribution in [0.4, 0.5) is 0 Å². The molecule has 0 aromatic carbocycles. The average molecular weight is 170 g/mol. The van der Waals surface area contributed by atoms with Gasteiger partial charge in [-0.3, -0.25) is 4.90 Å². The Morgan fingerprint density at radius 2 is 1.67 bits per heavy atom. The number of nitrogens with one attached hydrogen (secondary N) is 1. The first kappa shape index (κ1) is 10.0. The van der Waals surface area contributed by atoms with E-state index in [9.17, 15) is 0 Å². The van der Waals surface area contributed by atoms with Crippen LogP contribution >= 0.6 is 0 Å². The van der Waals surface area contributed by atoms with Crippen molar-refractivity contribution >= 4 is 0 Å². The molecule has 0 radical (unpaired) electrons. The summed E-state index contributed by atoms with van der Waals surface area (Å²) < 4.78 is 0. The molecule has 0 aliphatic carbocycles. The second kappa shape index (κ2) is 5.55. The normalized spacial score (nSPS) is 21.2. The van der Waals surface area contributed by atoms with Crippen LogP contribution < -0.4 is 5.32 Å². The number of likely N-dealkylation sites (tertiary alicyclic amines) is 1. The zero-order chi connectivity index (χ0) is 8.81. The van der Waals surface area contributed by atoms with Crippen molar-refractivity contribution in [3.8, 4) is 0 Å². The molecule has 1 saturated heterocycles. The van der Waals surface area contributed by atoms with E-state index in [1.165, 1.54) is 38.8 Å². The Kier molecular flexibility index (Phi) is 4.62. The first-order valence-electron chi connectivity index (χ1n) is 5.25. The highest BCUT2D eigenvalue weighted by molar-refractivity contribution is 4.63. The van der Waals surface area contributed by atoms with Gasteiger partial charge in [0, 0.05) is 12.7 Å². The van der Waals surface area contributed by atoms with Gasteiger partial charge in [-0.15, -0.1) is 0 Å². The highest BCUT2D eigenvalue weighted by Crippen LogP contribution is 2.08. The first-order chi connectivity index (χ1) is 5.79. The largest absolute Gasteiger partial charge is 0.302 e. The zero-order valence-corrected chi connectivity index (χ0v) is 8.47. The third-order valence-electron chi connectivity index (χ3n) is 2.42. The Bertz CT molecular complexity index is 104. The molecule has 1 heterocycles. The minimum atomic E-state index is 0.619. The Morgan fingerprint density at radius 3 is 2.17 bits per heavy atom. The molecule has 0 bridgehead atoms. The van der Waals surface area contributed by atoms with E-state index in [4.69, 9.17) is 0 Å². The van der Waals surface area contributed by atoms with Crippen LogP contribution in [0.5, 0.6) is 0 Å². The fourth-order valence-corrected chi connectivity index (χ4v) is 1.61. The van der Waals surface area contributed by atoms with Crippen molar-refractivity contribution in [3.05, 3.63) is 0 Å². The molecule has 1 aliphatic rings. The van der Waals surface area contributed by atoms with Crippen molar-refractivity contribution in [2.75, 3.05) is 19.8 Å². The Balaban J connectivity index is 2.12. The van der Waals surface area contributed by atoms with Crippen molar-refractivity contribution in [2.45, 2.75) is 45.6 Å². The third kappa shape index (κ3) is 4.07. The predicted molar refractivity (Wildman–Crippen MR) is 53.2 cm³/mol. The molecule has 0 saturated carbocycles. The Hall–Kier alpha value is -0.0800. The van der Waals surface area contributed by atoms with E-state index >= 15 is 0 Å². The topological polar surface area (TPSA) is 15.3 Å². The summed E-state index contributed by atoms with van der Waals surface area (Å²) in [6.45, 7) is 8.08. The number of hydrogen-bond donors (Lipinski definition) is 1. The van der Waals surface area contributed by atoms with Gasteiger partial charge in [0.25, 0.3) is 0 Å². The minimum absolute atomic E-state index is 0.619. The first-order valence-corrected chi connectivity index (χ1v) is 5.25. The third-order valence-corrected chi connectivity index (χ3v) is 2.42. The standard InChI is InChI=1S/C10H22N2/c1-10(2)11-9-12-7-5-3-4-6-8-12/h10-11H,3-9H2,1-2H3. The molecular weight excluding hydrogens is 148 g/mol. The predicted octanol–water partition coefficient (Wildman–Crippen LogP) is 1.82. The van der Waals surface area contributed by atoms with E-state index in [1.807, 2.05) is 0 Å². The number of rotatable bonds is 3. The Labute approximate surface area is 76.3 Å². The summed E-state index contributed by atoms with van der Waals surface area (Å²) in [5.41, 5.74) is 0. The quantitative estimate of drug-likeness (QED) is 0.695. The molecule has 0 atom stereocenters. The molecule has 1 aliphatic heterocycles. The smallest absolute Gasteiger partial charge is 0.0482 e. The molecule has 1 rings (SSSR count). The molecule has 0 aromatic heterocycles. The van der Waals surface area contributed by atoms with E-state index in [0.717, 1.165) is 6.67 Å². The lowest BCUT2D eigenvalue weighted by Crippen LogP contribution is -2.38. The molecule has 0 amide bonds. The van der Waals surface area contributed by atoms with Gasteiger partial charge in [0.2, 0.25) is 0 Å². The summed E-state index contributed by atoms with van der Waals surface area (Å²) in [6.07, 6.45) is 5.63. The van der Waals surface area contributed by atoms with E-state index in [2.05, 4.69) is 24.1 Å². The average Bonchev–Trinajstić information content (AvgIpc) is 2.28. The van der Waals surface area contributed by atoms with Gasteiger partial charge >= 0.3 is 0 Å². The van der Waals surface area contributed by atoms with Crippen LogP contribution in [0.15, 0.2) is 0 Å². The lowest BCUT2D eigenvalue weighted by Gasteiger charge is -2.21. The highest BCUT2D eigenvalue weighted by atomic mass is 15.2. The van der Waals surface area contributed by atoms with Crippen molar-refractivity contribution in [2.24, 2.45) is 0 Å². The molecular formula is C10H22N2. The van der Waals surface area contributed by atoms with Crippen LogP contribution in [0.1, 0.15) is 39.5 Å². The summed E-state index contributed by atoms with van der Waals surface area (Å²) in [6, 6.07) is 0.619. The van der Waals surface area contributed by atoms with Gasteiger partial charge in [0.1, 0.15) is 0 Å². The van der Waals surface area contributed by atoms with Crippen molar-refractivity contribution in [1.29, 1.82) is 0 Å². The molecule has 12 heavy (non-hydrogen) atoms. The van der Waals surface area contributed by atoms with Gasteiger partial charge in [0.05, 0.1) is 0 Å². The summed E-state index contributed by atoms with van der Waals surface area (Å²) in [5.74, 6) is 0. The van der Waals surface area contributed by atoms with E-state index < -0.39 is 0 Å². The maximum atomic E-state index is 3.47. The van der Waals surface area contributed by atoms with E-state index in [0.29, 0.717) is 6.04 Å². The summed E-state index contributed by atoms with van der Waals surface area (Å²) >= 11 is 0. The van der Waals surface area contributed by atoms with Gasteiger partial charge in [-0.2, -0.15) is 0 Å². The molecule has 0 aromatic rings. The molecule has 72 valence electrons. The van der Waals surface area contributed by atoms with Crippen molar-refractivity contribution in [3.63, 3.8) is 0 Å². The van der Waals surface area contributed by atoms with E-state index in [-0.39, 0.29) is 0 Å². The molecule has 0 unspecified atom stereocenters. The summed E-state index contributed by atoms with van der Waals surface area (Å²) in [4.78, 5) is 2.53. The fraction of sp³-hybridized carbons (Fsp3) is 1.00. The van der Waals surface area contributed by atoms with Crippen LogP contribution in [-0.4, -0.2) is 30.7 Å². The molecule has 1 fully saturated rings. The number of hydrogen-bond acceptors (Lipinski definition) is 2. The molecule has 2 nitrogen and oxygen atoms in total. The second-order valence-corrected chi connectivity index (χ2v) is 4.05.